The molecule has 8 heteroatoms. The second kappa shape index (κ2) is 8.36. The zero-order valence-electron chi connectivity index (χ0n) is 9.17. The maximum absolute atomic E-state index is 10.6. The van der Waals surface area contributed by atoms with Crippen LogP contribution in [0.25, 0.3) is 0 Å². The molecule has 0 spiro atoms. The number of anilines is 1. The number of methoxy groups -OCH3 is 1. The van der Waals surface area contributed by atoms with Crippen LogP contribution in [0.1, 0.15) is 5.56 Å². The van der Waals surface area contributed by atoms with Crippen molar-refractivity contribution in [2.45, 2.75) is 5.75 Å². The third-order valence-electron chi connectivity index (χ3n) is 2.01. The van der Waals surface area contributed by atoms with Gasteiger partial charge in [-0.2, -0.15) is 0 Å². The van der Waals surface area contributed by atoms with E-state index in [1.807, 2.05) is 0 Å². The second-order valence-electron chi connectivity index (χ2n) is 3.27. The van der Waals surface area contributed by atoms with Gasteiger partial charge < -0.3 is 15.2 Å². The fraction of sp³-hybridized carbons (Fsp3) is 0.300. The van der Waals surface area contributed by atoms with Crippen molar-refractivity contribution in [2.24, 2.45) is 0 Å². The molecule has 6 nitrogen and oxygen atoms in total. The fourth-order valence-electron chi connectivity index (χ4n) is 1.31. The molecule has 1 aromatic carbocycles. The molecule has 0 radical (unpaired) electrons. The van der Waals surface area contributed by atoms with E-state index in [9.17, 15) is 13.2 Å². The number of nitrogens with one attached hydrogen (secondary N) is 1. The maximum atomic E-state index is 10.6. The Balaban J connectivity index is 0.00000289. The summed E-state index contributed by atoms with van der Waals surface area (Å²) >= 11 is 0. The first-order valence-electron chi connectivity index (χ1n) is 4.77. The van der Waals surface area contributed by atoms with Crippen LogP contribution in [-0.4, -0.2) is 62.7 Å². The molecule has 2 N–H and O–H groups in total. The van der Waals surface area contributed by atoms with Crippen LogP contribution in [0.3, 0.4) is 0 Å². The molecule has 18 heavy (non-hydrogen) atoms. The number of benzene rings is 1. The molecule has 0 saturated heterocycles. The molecule has 0 unspecified atom stereocenters. The molecule has 0 fully saturated rings. The Hall–Kier alpha value is -0.760. The van der Waals surface area contributed by atoms with Crippen molar-refractivity contribution < 1.29 is 23.1 Å². The van der Waals surface area contributed by atoms with Crippen LogP contribution >= 0.6 is 0 Å². The molecule has 0 bridgehead atoms. The van der Waals surface area contributed by atoms with E-state index in [0.717, 1.165) is 0 Å². The Kier molecular flexibility index (Phi) is 8.01. The second-order valence-corrected chi connectivity index (χ2v) is 4.25. The Morgan fingerprint density at radius 3 is 2.61 bits per heavy atom. The van der Waals surface area contributed by atoms with Gasteiger partial charge in [0, 0.05) is 0 Å². The Labute approximate surface area is 129 Å². The third-order valence-corrected chi connectivity index (χ3v) is 2.63. The van der Waals surface area contributed by atoms with E-state index in [1.165, 1.54) is 7.11 Å². The first-order valence-corrected chi connectivity index (χ1v) is 6.13. The van der Waals surface area contributed by atoms with E-state index in [2.05, 4.69) is 5.32 Å². The van der Waals surface area contributed by atoms with Gasteiger partial charge in [-0.05, 0) is 17.7 Å². The number of ether oxygens (including phenoxy) is 1. The van der Waals surface area contributed by atoms with Gasteiger partial charge in [0.25, 0.3) is 0 Å². The van der Waals surface area contributed by atoms with E-state index in [-0.39, 0.29) is 41.9 Å². The monoisotopic (exact) mass is 283 g/mol. The number of thiol groups is 1. The van der Waals surface area contributed by atoms with Gasteiger partial charge in [0.1, 0.15) is 23.0 Å². The van der Waals surface area contributed by atoms with Crippen molar-refractivity contribution in [3.63, 3.8) is 0 Å². The van der Waals surface area contributed by atoms with Crippen LogP contribution in [0, 0.1) is 0 Å². The van der Waals surface area contributed by atoms with Gasteiger partial charge in [-0.25, -0.2) is 8.42 Å². The minimum absolute atomic E-state index is 0. The van der Waals surface area contributed by atoms with Crippen molar-refractivity contribution in [3.8, 4) is 5.75 Å². The quantitative estimate of drug-likeness (QED) is 0.488. The molecular formula is C10H14NNaO5S. The average Bonchev–Trinajstić information content (AvgIpc) is 2.25. The summed E-state index contributed by atoms with van der Waals surface area (Å²) in [6.07, 6.45) is 0. The molecule has 1 rings (SSSR count). The van der Waals surface area contributed by atoms with Crippen LogP contribution in [0.4, 0.5) is 5.69 Å². The van der Waals surface area contributed by atoms with Crippen LogP contribution in [0.2, 0.25) is 0 Å². The summed E-state index contributed by atoms with van der Waals surface area (Å²) < 4.78 is 26.2. The number of carbonyl (C=O) groups is 1. The van der Waals surface area contributed by atoms with E-state index >= 15 is 0 Å². The molecule has 0 aromatic heterocycles. The molecule has 96 valence electrons. The molecular weight excluding hydrogens is 269 g/mol. The third kappa shape index (κ3) is 5.72. The normalized spacial score (nSPS) is 9.67. The van der Waals surface area contributed by atoms with E-state index in [0.29, 0.717) is 17.0 Å². The number of carboxylic acids is 1. The first-order chi connectivity index (χ1) is 8.02. The van der Waals surface area contributed by atoms with Gasteiger partial charge >= 0.3 is 35.5 Å². The summed E-state index contributed by atoms with van der Waals surface area (Å²) in [7, 11) is -1.06. The fourth-order valence-corrected chi connectivity index (χ4v) is 1.81. The zero-order chi connectivity index (χ0) is 12.8. The van der Waals surface area contributed by atoms with E-state index < -0.39 is 16.7 Å². The van der Waals surface area contributed by atoms with Crippen LogP contribution in [0.15, 0.2) is 18.2 Å². The average molecular weight is 283 g/mol. The summed E-state index contributed by atoms with van der Waals surface area (Å²) in [4.78, 5) is 10.4. The van der Waals surface area contributed by atoms with E-state index in [1.54, 1.807) is 18.2 Å². The van der Waals surface area contributed by atoms with Crippen molar-refractivity contribution in [1.29, 1.82) is 0 Å². The van der Waals surface area contributed by atoms with Gasteiger partial charge in [-0.3, -0.25) is 4.79 Å². The van der Waals surface area contributed by atoms with Crippen LogP contribution in [-0.2, 0) is 21.3 Å². The zero-order valence-corrected chi connectivity index (χ0v) is 10.1. The van der Waals surface area contributed by atoms with Gasteiger partial charge in [0.15, 0.2) is 0 Å². The summed E-state index contributed by atoms with van der Waals surface area (Å²) in [5, 5.41) is 11.2. The van der Waals surface area contributed by atoms with Gasteiger partial charge in [0.2, 0.25) is 0 Å². The van der Waals surface area contributed by atoms with Gasteiger partial charge in [-0.1, -0.05) is 6.07 Å². The minimum atomic E-state index is -2.51. The Bertz CT molecular complexity index is 481. The molecule has 0 atom stereocenters. The SMILES string of the molecule is COc1ccc(C[SH](=O)=O)cc1NCC(=O)O.[NaH]. The summed E-state index contributed by atoms with van der Waals surface area (Å²) in [5.74, 6) is -0.621. The summed E-state index contributed by atoms with van der Waals surface area (Å²) in [5.41, 5.74) is 1.04. The van der Waals surface area contributed by atoms with Gasteiger partial charge in [0.05, 0.1) is 18.6 Å². The number of hydrogen-bond acceptors (Lipinski definition) is 5. The molecule has 0 aliphatic heterocycles. The standard InChI is InChI=1S/C10H13NO5S.Na.H/c1-16-9-3-2-7(6-17(14)15)4-8(9)11-5-10(12)13;;/h2-4,11,17H,5-6H2,1H3,(H,12,13);;. The topological polar surface area (TPSA) is 92.7 Å². The van der Waals surface area contributed by atoms with Crippen molar-refractivity contribution in [1.82, 2.24) is 0 Å². The van der Waals surface area contributed by atoms with Crippen molar-refractivity contribution >= 4 is 51.9 Å². The molecule has 1 aromatic rings. The van der Waals surface area contributed by atoms with Crippen molar-refractivity contribution in [3.05, 3.63) is 23.8 Å². The molecule has 0 amide bonds. The molecule has 0 saturated carbocycles. The van der Waals surface area contributed by atoms with Crippen LogP contribution in [0.5, 0.6) is 5.75 Å². The predicted octanol–water partition coefficient (Wildman–Crippen LogP) is -0.345. The number of aliphatic carboxylic acids is 1. The Morgan fingerprint density at radius 1 is 1.44 bits per heavy atom. The van der Waals surface area contributed by atoms with E-state index in [4.69, 9.17) is 9.84 Å². The molecule has 0 aliphatic rings. The van der Waals surface area contributed by atoms with Crippen molar-refractivity contribution in [2.75, 3.05) is 19.0 Å². The number of carboxylic acid groups (broad SMARTS) is 1. The number of hydrogen-bond donors (Lipinski definition) is 3. The first kappa shape index (κ1) is 17.2. The van der Waals surface area contributed by atoms with Gasteiger partial charge in [-0.15, -0.1) is 0 Å². The number of rotatable bonds is 6. The van der Waals surface area contributed by atoms with Crippen LogP contribution < -0.4 is 10.1 Å². The molecule has 0 aliphatic carbocycles. The summed E-state index contributed by atoms with van der Waals surface area (Å²) in [6, 6.07) is 4.78. The Morgan fingerprint density at radius 2 is 2.11 bits per heavy atom. The molecule has 0 heterocycles. The summed E-state index contributed by atoms with van der Waals surface area (Å²) in [6.45, 7) is -0.261. The predicted molar refractivity (Wildman–Crippen MR) is 70.3 cm³/mol.